The van der Waals surface area contributed by atoms with Crippen LogP contribution in [0.3, 0.4) is 0 Å². The van der Waals surface area contributed by atoms with Gasteiger partial charge in [0.25, 0.3) is 0 Å². The Balaban J connectivity index is 0. The fourth-order valence-electron chi connectivity index (χ4n) is 0. The lowest BCUT2D eigenvalue weighted by Gasteiger charge is -1.59. The molecular formula is C3H10FN. The SMILES string of the molecule is CF.[2H]N(C)C. The predicted molar refractivity (Wildman–Crippen MR) is 22.0 cm³/mol. The number of hydrogen-bond donors (Lipinski definition) is 1. The van der Waals surface area contributed by atoms with Crippen molar-refractivity contribution in [1.82, 2.24) is 5.31 Å². The van der Waals surface area contributed by atoms with E-state index in [1.54, 1.807) is 14.1 Å². The fraction of sp³-hybridized carbons (Fsp3) is 1.00. The smallest absolute Gasteiger partial charge is 0.122 e. The van der Waals surface area contributed by atoms with E-state index in [1.165, 1.54) is 5.31 Å². The van der Waals surface area contributed by atoms with Crippen molar-refractivity contribution in [2.75, 3.05) is 21.3 Å². The van der Waals surface area contributed by atoms with Gasteiger partial charge in [-0.05, 0) is 14.1 Å². The molecule has 0 radical (unpaired) electrons. The van der Waals surface area contributed by atoms with E-state index in [1.807, 2.05) is 0 Å². The van der Waals surface area contributed by atoms with Gasteiger partial charge < -0.3 is 5.31 Å². The third-order valence-corrected chi connectivity index (χ3v) is 0. The summed E-state index contributed by atoms with van der Waals surface area (Å²) in [6.07, 6.45) is 0. The van der Waals surface area contributed by atoms with Gasteiger partial charge in [0.1, 0.15) is 1.41 Å². The summed E-state index contributed by atoms with van der Waals surface area (Å²) in [6, 6.07) is 0. The van der Waals surface area contributed by atoms with Crippen LogP contribution in [0.5, 0.6) is 0 Å². The molecule has 0 aromatic rings. The van der Waals surface area contributed by atoms with E-state index in [-0.39, 0.29) is 0 Å². The number of alkyl halides is 1. The third kappa shape index (κ3) is 1150. The van der Waals surface area contributed by atoms with E-state index in [2.05, 4.69) is 0 Å². The van der Waals surface area contributed by atoms with Crippen molar-refractivity contribution in [2.24, 2.45) is 0 Å². The molecule has 0 aliphatic rings. The zero-order chi connectivity index (χ0) is 5.58. The van der Waals surface area contributed by atoms with Crippen LogP contribution in [-0.2, 0) is 0 Å². The fourth-order valence-corrected chi connectivity index (χ4v) is 0. The molecule has 0 aliphatic carbocycles. The lowest BCUT2D eigenvalue weighted by molar-refractivity contribution is 0.636. The molecule has 0 atom stereocenters. The molecule has 5 heavy (non-hydrogen) atoms. The highest BCUT2D eigenvalue weighted by atomic mass is 19.1. The monoisotopic (exact) mass is 80.1 g/mol. The Morgan fingerprint density at radius 2 is 1.60 bits per heavy atom. The maximum absolute atomic E-state index is 9.50. The first-order chi connectivity index (χ1) is 2.73. The molecule has 0 spiro atoms. The summed E-state index contributed by atoms with van der Waals surface area (Å²) < 4.78 is 15.9. The number of rotatable bonds is 0. The molecule has 0 aromatic carbocycles. The molecule has 0 bridgehead atoms. The first-order valence-corrected chi connectivity index (χ1v) is 1.27. The molecule has 0 saturated carbocycles. The van der Waals surface area contributed by atoms with Crippen molar-refractivity contribution in [1.29, 1.82) is 0 Å². The van der Waals surface area contributed by atoms with E-state index in [0.29, 0.717) is 7.18 Å². The molecule has 1 N–H and O–H groups in total. The van der Waals surface area contributed by atoms with Crippen LogP contribution in [0.25, 0.3) is 0 Å². The molecule has 0 amide bonds. The average molecular weight is 80.1 g/mol. The van der Waals surface area contributed by atoms with Crippen LogP contribution in [-0.4, -0.2) is 21.3 Å². The second-order valence-electron chi connectivity index (χ2n) is 0.447. The van der Waals surface area contributed by atoms with Crippen molar-refractivity contribution in [2.45, 2.75) is 0 Å². The van der Waals surface area contributed by atoms with Gasteiger partial charge >= 0.3 is 0 Å². The molecule has 0 unspecified atom stereocenters. The van der Waals surface area contributed by atoms with Crippen molar-refractivity contribution >= 4 is 0 Å². The molecule has 0 rings (SSSR count). The highest BCUT2D eigenvalue weighted by Crippen LogP contribution is 1.16. The highest BCUT2D eigenvalue weighted by Gasteiger charge is 1.25. The van der Waals surface area contributed by atoms with Gasteiger partial charge in [0.05, 0.1) is 7.18 Å². The van der Waals surface area contributed by atoms with E-state index < -0.39 is 0 Å². The summed E-state index contributed by atoms with van der Waals surface area (Å²) in [5, 5.41) is 1.25. The molecule has 1 nitrogen and oxygen atoms in total. The van der Waals surface area contributed by atoms with Gasteiger partial charge in [-0.2, -0.15) is 0 Å². The Morgan fingerprint density at radius 3 is 1.60 bits per heavy atom. The zero-order valence-electron chi connectivity index (χ0n) is 4.83. The van der Waals surface area contributed by atoms with E-state index >= 15 is 0 Å². The topological polar surface area (TPSA) is 12.0 Å². The third-order valence-electron chi connectivity index (χ3n) is 0. The molecule has 0 heterocycles. The molecule has 2 heteroatoms. The van der Waals surface area contributed by atoms with Gasteiger partial charge in [0, 0.05) is 0 Å². The maximum Gasteiger partial charge on any atom is 0.122 e. The first kappa shape index (κ1) is 4.89. The average Bonchev–Trinajstić information content (AvgIpc) is 1.41. The second-order valence-corrected chi connectivity index (χ2v) is 0.447. The molecule has 0 aromatic heterocycles. The number of nitrogens with one attached hydrogen (secondary N) is 1. The van der Waals surface area contributed by atoms with Crippen molar-refractivity contribution in [3.8, 4) is 0 Å². The molecule has 0 saturated heterocycles. The Morgan fingerprint density at radius 1 is 1.60 bits per heavy atom. The van der Waals surface area contributed by atoms with Crippen LogP contribution in [0.4, 0.5) is 4.39 Å². The van der Waals surface area contributed by atoms with Crippen molar-refractivity contribution in [3.63, 3.8) is 0 Å². The molecule has 34 valence electrons. The van der Waals surface area contributed by atoms with Crippen LogP contribution in [0.1, 0.15) is 0 Å². The van der Waals surface area contributed by atoms with Crippen molar-refractivity contribution in [3.05, 3.63) is 0 Å². The Kier molecular flexibility index (Phi) is 40.1. The summed E-state index contributed by atoms with van der Waals surface area (Å²) in [7, 11) is 3.83. The minimum atomic E-state index is 0.500. The Bertz CT molecular complexity index is 15.5. The van der Waals surface area contributed by atoms with E-state index in [0.717, 1.165) is 0 Å². The molecule has 0 fully saturated rings. The van der Waals surface area contributed by atoms with Crippen molar-refractivity contribution < 1.29 is 5.80 Å². The summed E-state index contributed by atoms with van der Waals surface area (Å²) in [6.45, 7) is 0. The van der Waals surface area contributed by atoms with Gasteiger partial charge in [-0.3, -0.25) is 4.39 Å². The quantitative estimate of drug-likeness (QED) is 0.444. The lowest BCUT2D eigenvalue weighted by Crippen LogP contribution is -1.89. The summed E-state index contributed by atoms with van der Waals surface area (Å²) in [5.74, 6) is 0. The number of halogens is 1. The maximum atomic E-state index is 9.50. The molecular weight excluding hydrogens is 69.0 g/mol. The standard InChI is InChI=1S/C2H7N.CH3F/c1-3-2;1-2/h3H,1-2H3;1H3/i/hD. The predicted octanol–water partition coefficient (Wildman–Crippen LogP) is 0.421. The first-order valence-electron chi connectivity index (χ1n) is 1.72. The van der Waals surface area contributed by atoms with Gasteiger partial charge in [-0.25, -0.2) is 0 Å². The van der Waals surface area contributed by atoms with Gasteiger partial charge in [0.2, 0.25) is 0 Å². The largest absolute Gasteiger partial charge is 0.323 e. The van der Waals surface area contributed by atoms with Gasteiger partial charge in [0.15, 0.2) is 0 Å². The normalized spacial score (nSPS) is 8.60. The Hall–Kier alpha value is -0.110. The van der Waals surface area contributed by atoms with E-state index in [4.69, 9.17) is 1.41 Å². The molecule has 0 aliphatic heterocycles. The van der Waals surface area contributed by atoms with Gasteiger partial charge in [-0.15, -0.1) is 0 Å². The minimum Gasteiger partial charge on any atom is -0.323 e. The van der Waals surface area contributed by atoms with E-state index in [9.17, 15) is 4.39 Å². The summed E-state index contributed by atoms with van der Waals surface area (Å²) in [4.78, 5) is 0. The van der Waals surface area contributed by atoms with Crippen LogP contribution in [0, 0.1) is 0 Å². The lowest BCUT2D eigenvalue weighted by atomic mass is 11.3. The van der Waals surface area contributed by atoms with Crippen LogP contribution >= 0.6 is 0 Å². The number of hydrogen-bond acceptors (Lipinski definition) is 1. The van der Waals surface area contributed by atoms with Crippen LogP contribution in [0.15, 0.2) is 0 Å². The zero-order valence-corrected chi connectivity index (χ0v) is 3.83. The van der Waals surface area contributed by atoms with Crippen LogP contribution < -0.4 is 5.31 Å². The van der Waals surface area contributed by atoms with Crippen LogP contribution in [0.2, 0.25) is 1.41 Å². The summed E-state index contributed by atoms with van der Waals surface area (Å²) >= 11 is 0. The highest BCUT2D eigenvalue weighted by molar-refractivity contribution is 3.91. The summed E-state index contributed by atoms with van der Waals surface area (Å²) in [5.41, 5.74) is 0. The second kappa shape index (κ2) is 41.0. The van der Waals surface area contributed by atoms with Gasteiger partial charge in [-0.1, -0.05) is 0 Å². The Labute approximate surface area is 33.7 Å². The minimum absolute atomic E-state index is 0.500.